The number of fused-ring (bicyclic) bond motifs is 1. The van der Waals surface area contributed by atoms with Gasteiger partial charge in [0, 0.05) is 18.0 Å². The van der Waals surface area contributed by atoms with Crippen molar-refractivity contribution in [3.8, 4) is 5.75 Å². The summed E-state index contributed by atoms with van der Waals surface area (Å²) in [4.78, 5) is 41.1. The summed E-state index contributed by atoms with van der Waals surface area (Å²) >= 11 is 0. The normalized spacial score (nSPS) is 10.6. The van der Waals surface area contributed by atoms with Gasteiger partial charge in [0.1, 0.15) is 18.0 Å². The number of rotatable bonds is 8. The van der Waals surface area contributed by atoms with Crippen LogP contribution < -0.4 is 20.9 Å². The number of anilines is 2. The Hall–Kier alpha value is -4.66. The first kappa shape index (κ1) is 24.5. The maximum absolute atomic E-state index is 12.6. The molecule has 0 aliphatic carbocycles. The van der Waals surface area contributed by atoms with E-state index in [-0.39, 0.29) is 24.6 Å². The second kappa shape index (κ2) is 11.2. The molecule has 0 saturated heterocycles. The van der Waals surface area contributed by atoms with E-state index in [9.17, 15) is 14.4 Å². The highest BCUT2D eigenvalue weighted by Gasteiger charge is 2.10. The molecule has 9 nitrogen and oxygen atoms in total. The zero-order valence-corrected chi connectivity index (χ0v) is 20.0. The summed E-state index contributed by atoms with van der Waals surface area (Å²) in [6.07, 6.45) is 1.86. The molecule has 0 aliphatic heterocycles. The number of carbonyl (C=O) groups is 2. The molecule has 36 heavy (non-hydrogen) atoms. The van der Waals surface area contributed by atoms with E-state index in [1.807, 2.05) is 19.1 Å². The quantitative estimate of drug-likeness (QED) is 0.359. The second-order valence-corrected chi connectivity index (χ2v) is 8.06. The van der Waals surface area contributed by atoms with Crippen LogP contribution in [0.5, 0.6) is 5.75 Å². The average Bonchev–Trinajstić information content (AvgIpc) is 2.84. The lowest BCUT2D eigenvalue weighted by Crippen LogP contribution is -2.20. The molecule has 4 aromatic rings. The Labute approximate surface area is 207 Å². The summed E-state index contributed by atoms with van der Waals surface area (Å²) in [5.41, 5.74) is 3.63. The van der Waals surface area contributed by atoms with Gasteiger partial charge in [-0.1, -0.05) is 24.3 Å². The first-order valence-electron chi connectivity index (χ1n) is 11.4. The van der Waals surface area contributed by atoms with Gasteiger partial charge < -0.3 is 20.1 Å². The smallest absolute Gasteiger partial charge is 0.323 e. The van der Waals surface area contributed by atoms with Crippen molar-refractivity contribution in [2.75, 3.05) is 17.2 Å². The summed E-state index contributed by atoms with van der Waals surface area (Å²) in [6.45, 7) is 4.08. The van der Waals surface area contributed by atoms with Crippen LogP contribution >= 0.6 is 0 Å². The van der Waals surface area contributed by atoms with E-state index in [4.69, 9.17) is 9.47 Å². The van der Waals surface area contributed by atoms with E-state index in [1.54, 1.807) is 61.7 Å². The SMILES string of the molecule is CCOC(=O)Cc1ccc(NC(=O)Nc2ccccc2OCc2cc(=O)n3ccc(C)cc3n2)cc1. The zero-order chi connectivity index (χ0) is 25.5. The van der Waals surface area contributed by atoms with Crippen LogP contribution in [0.2, 0.25) is 0 Å². The van der Waals surface area contributed by atoms with Gasteiger partial charge in [-0.25, -0.2) is 9.78 Å². The fourth-order valence-electron chi connectivity index (χ4n) is 3.54. The fraction of sp³-hybridized carbons (Fsp3) is 0.185. The first-order valence-corrected chi connectivity index (χ1v) is 11.4. The summed E-state index contributed by atoms with van der Waals surface area (Å²) in [5, 5.41) is 5.52. The number of nitrogens with zero attached hydrogens (tertiary/aromatic N) is 2. The largest absolute Gasteiger partial charge is 0.485 e. The van der Waals surface area contributed by atoms with Gasteiger partial charge in [0.25, 0.3) is 5.56 Å². The van der Waals surface area contributed by atoms with Gasteiger partial charge in [-0.05, 0) is 61.4 Å². The van der Waals surface area contributed by atoms with Crippen LogP contribution in [0.4, 0.5) is 16.2 Å². The van der Waals surface area contributed by atoms with E-state index < -0.39 is 6.03 Å². The summed E-state index contributed by atoms with van der Waals surface area (Å²) in [5.74, 6) is 0.135. The zero-order valence-electron chi connectivity index (χ0n) is 20.0. The van der Waals surface area contributed by atoms with Crippen LogP contribution in [0, 0.1) is 6.92 Å². The molecule has 0 saturated carbocycles. The summed E-state index contributed by atoms with van der Waals surface area (Å²) in [7, 11) is 0. The Bertz CT molecular complexity index is 1450. The van der Waals surface area contributed by atoms with Crippen LogP contribution in [0.15, 0.2) is 77.7 Å². The minimum absolute atomic E-state index is 0.0575. The van der Waals surface area contributed by atoms with Gasteiger partial charge in [-0.2, -0.15) is 0 Å². The molecule has 0 fully saturated rings. The van der Waals surface area contributed by atoms with Crippen LogP contribution in [-0.2, 0) is 22.6 Å². The number of amides is 2. The predicted molar refractivity (Wildman–Crippen MR) is 136 cm³/mol. The monoisotopic (exact) mass is 486 g/mol. The van der Waals surface area contributed by atoms with Gasteiger partial charge in [0.15, 0.2) is 0 Å². The maximum atomic E-state index is 12.6. The molecule has 0 bridgehead atoms. The minimum Gasteiger partial charge on any atom is -0.485 e. The molecule has 2 aromatic heterocycles. The van der Waals surface area contributed by atoms with Gasteiger partial charge in [-0.15, -0.1) is 0 Å². The number of nitrogens with one attached hydrogen (secondary N) is 2. The van der Waals surface area contributed by atoms with Crippen molar-refractivity contribution in [1.29, 1.82) is 0 Å². The number of para-hydroxylation sites is 2. The Kier molecular flexibility index (Phi) is 7.60. The Morgan fingerprint density at radius 2 is 1.78 bits per heavy atom. The topological polar surface area (TPSA) is 111 Å². The predicted octanol–water partition coefficient (Wildman–Crippen LogP) is 4.33. The lowest BCUT2D eigenvalue weighted by atomic mass is 10.1. The van der Waals surface area contributed by atoms with Crippen LogP contribution in [0.1, 0.15) is 23.7 Å². The second-order valence-electron chi connectivity index (χ2n) is 8.06. The molecule has 0 radical (unpaired) electrons. The fourth-order valence-corrected chi connectivity index (χ4v) is 3.54. The number of aromatic nitrogens is 2. The molecule has 0 spiro atoms. The standard InChI is InChI=1S/C27H26N4O5/c1-3-35-26(33)15-19-8-10-20(11-9-19)29-27(34)30-22-6-4-5-7-23(22)36-17-21-16-25(32)31-13-12-18(2)14-24(31)28-21/h4-14,16H,3,15,17H2,1-2H3,(H2,29,30,34). The lowest BCUT2D eigenvalue weighted by Gasteiger charge is -2.13. The number of esters is 1. The van der Waals surface area contributed by atoms with E-state index in [0.29, 0.717) is 35.1 Å². The van der Waals surface area contributed by atoms with Crippen molar-refractivity contribution in [1.82, 2.24) is 9.38 Å². The number of pyridine rings is 1. The van der Waals surface area contributed by atoms with E-state index in [1.165, 1.54) is 10.5 Å². The lowest BCUT2D eigenvalue weighted by molar-refractivity contribution is -0.142. The van der Waals surface area contributed by atoms with Gasteiger partial charge in [-0.3, -0.25) is 14.0 Å². The number of carbonyl (C=O) groups excluding carboxylic acids is 2. The van der Waals surface area contributed by atoms with E-state index in [0.717, 1.165) is 11.1 Å². The number of hydrogen-bond acceptors (Lipinski definition) is 6. The van der Waals surface area contributed by atoms with Crippen molar-refractivity contribution in [3.05, 3.63) is 100 Å². The van der Waals surface area contributed by atoms with Gasteiger partial charge in [0.2, 0.25) is 0 Å². The molecule has 2 heterocycles. The Balaban J connectivity index is 1.39. The van der Waals surface area contributed by atoms with Gasteiger partial charge in [0.05, 0.1) is 24.4 Å². The number of ether oxygens (including phenoxy) is 2. The number of hydrogen-bond donors (Lipinski definition) is 2. The summed E-state index contributed by atoms with van der Waals surface area (Å²) < 4.78 is 12.3. The van der Waals surface area contributed by atoms with Crippen molar-refractivity contribution in [3.63, 3.8) is 0 Å². The molecule has 2 amide bonds. The highest BCUT2D eigenvalue weighted by Crippen LogP contribution is 2.25. The van der Waals surface area contributed by atoms with Crippen molar-refractivity contribution >= 4 is 29.0 Å². The third-order valence-corrected chi connectivity index (χ3v) is 5.25. The molecular weight excluding hydrogens is 460 g/mol. The highest BCUT2D eigenvalue weighted by molar-refractivity contribution is 6.00. The van der Waals surface area contributed by atoms with Crippen LogP contribution in [-0.4, -0.2) is 28.0 Å². The third-order valence-electron chi connectivity index (χ3n) is 5.25. The van der Waals surface area contributed by atoms with Crippen molar-refractivity contribution in [2.24, 2.45) is 0 Å². The van der Waals surface area contributed by atoms with Crippen LogP contribution in [0.25, 0.3) is 5.65 Å². The molecule has 2 N–H and O–H groups in total. The summed E-state index contributed by atoms with van der Waals surface area (Å²) in [6, 6.07) is 18.6. The number of benzene rings is 2. The van der Waals surface area contributed by atoms with E-state index >= 15 is 0 Å². The molecule has 0 aliphatic rings. The number of aryl methyl sites for hydroxylation is 1. The maximum Gasteiger partial charge on any atom is 0.323 e. The molecule has 9 heteroatoms. The number of urea groups is 1. The van der Waals surface area contributed by atoms with Crippen molar-refractivity contribution in [2.45, 2.75) is 26.9 Å². The Morgan fingerprint density at radius 1 is 1.00 bits per heavy atom. The van der Waals surface area contributed by atoms with Crippen LogP contribution in [0.3, 0.4) is 0 Å². The third kappa shape index (κ3) is 6.26. The molecule has 4 rings (SSSR count). The Morgan fingerprint density at radius 3 is 2.56 bits per heavy atom. The van der Waals surface area contributed by atoms with Crippen molar-refractivity contribution < 1.29 is 19.1 Å². The highest BCUT2D eigenvalue weighted by atomic mass is 16.5. The minimum atomic E-state index is -0.457. The molecular formula is C27H26N4O5. The molecule has 0 unspecified atom stereocenters. The van der Waals surface area contributed by atoms with E-state index in [2.05, 4.69) is 15.6 Å². The molecule has 2 aromatic carbocycles. The average molecular weight is 487 g/mol. The first-order chi connectivity index (χ1) is 17.4. The molecule has 0 atom stereocenters. The van der Waals surface area contributed by atoms with Gasteiger partial charge >= 0.3 is 12.0 Å². The molecule has 184 valence electrons.